The molecule has 0 saturated heterocycles. The van der Waals surface area contributed by atoms with Gasteiger partial charge in [0.15, 0.2) is 17.1 Å². The molecule has 1 atom stereocenters. The first-order chi connectivity index (χ1) is 17.8. The van der Waals surface area contributed by atoms with Gasteiger partial charge in [0.1, 0.15) is 10.8 Å². The van der Waals surface area contributed by atoms with Crippen LogP contribution in [0.3, 0.4) is 0 Å². The lowest BCUT2D eigenvalue weighted by molar-refractivity contribution is -0.113. The molecule has 1 aromatic carbocycles. The Bertz CT molecular complexity index is 1250. The van der Waals surface area contributed by atoms with Crippen LogP contribution in [0.15, 0.2) is 29.4 Å². The van der Waals surface area contributed by atoms with Crippen molar-refractivity contribution < 1.29 is 19.1 Å². The van der Waals surface area contributed by atoms with Crippen molar-refractivity contribution in [3.05, 3.63) is 51.7 Å². The number of hydrogen-bond donors (Lipinski definition) is 1. The van der Waals surface area contributed by atoms with Crippen molar-refractivity contribution >= 4 is 40.0 Å². The summed E-state index contributed by atoms with van der Waals surface area (Å²) in [5, 5.41) is 12.8. The number of amides is 1. The second kappa shape index (κ2) is 12.1. The maximum atomic E-state index is 12.8. The summed E-state index contributed by atoms with van der Waals surface area (Å²) >= 11 is 2.79. The number of nitrogens with one attached hydrogen (secondary N) is 1. The summed E-state index contributed by atoms with van der Waals surface area (Å²) in [5.74, 6) is 1.53. The highest BCUT2D eigenvalue weighted by atomic mass is 32.2. The zero-order valence-electron chi connectivity index (χ0n) is 22.0. The van der Waals surface area contributed by atoms with E-state index in [-0.39, 0.29) is 23.7 Å². The molecule has 37 heavy (non-hydrogen) atoms. The minimum absolute atomic E-state index is 0.148. The van der Waals surface area contributed by atoms with Crippen LogP contribution in [0.4, 0.5) is 5.00 Å². The van der Waals surface area contributed by atoms with Gasteiger partial charge in [0.2, 0.25) is 5.91 Å². The Balaban J connectivity index is 1.40. The van der Waals surface area contributed by atoms with Crippen LogP contribution in [-0.4, -0.2) is 39.0 Å². The Hall–Kier alpha value is -2.85. The van der Waals surface area contributed by atoms with E-state index in [1.54, 1.807) is 6.92 Å². The molecule has 1 amide bonds. The number of carbonyl (C=O) groups is 2. The summed E-state index contributed by atoms with van der Waals surface area (Å²) in [7, 11) is 0. The lowest BCUT2D eigenvalue weighted by Gasteiger charge is -2.16. The Labute approximate surface area is 226 Å². The highest BCUT2D eigenvalue weighted by Gasteiger charge is 2.28. The minimum atomic E-state index is -0.368. The van der Waals surface area contributed by atoms with E-state index >= 15 is 0 Å². The number of anilines is 1. The summed E-state index contributed by atoms with van der Waals surface area (Å²) < 4.78 is 13.3. The molecular formula is C27H34N4O4S2. The molecule has 3 aromatic rings. The van der Waals surface area contributed by atoms with Crippen LogP contribution >= 0.6 is 23.1 Å². The van der Waals surface area contributed by atoms with Crippen molar-refractivity contribution in [1.29, 1.82) is 0 Å². The zero-order valence-corrected chi connectivity index (χ0v) is 23.6. The topological polar surface area (TPSA) is 95.3 Å². The number of thiophene rings is 1. The minimum Gasteiger partial charge on any atom is -0.483 e. The number of fused-ring (bicyclic) bond motifs is 1. The number of esters is 1. The van der Waals surface area contributed by atoms with Gasteiger partial charge < -0.3 is 19.4 Å². The van der Waals surface area contributed by atoms with Crippen molar-refractivity contribution in [1.82, 2.24) is 14.8 Å². The van der Waals surface area contributed by atoms with Gasteiger partial charge in [-0.05, 0) is 69.2 Å². The lowest BCUT2D eigenvalue weighted by atomic mass is 10.0. The second-order valence-electron chi connectivity index (χ2n) is 9.19. The van der Waals surface area contributed by atoms with E-state index in [1.165, 1.54) is 28.7 Å². The maximum Gasteiger partial charge on any atom is 0.341 e. The van der Waals surface area contributed by atoms with Crippen molar-refractivity contribution in [3.8, 4) is 5.75 Å². The second-order valence-corrected chi connectivity index (χ2v) is 11.2. The number of aromatic nitrogens is 3. The van der Waals surface area contributed by atoms with Gasteiger partial charge in [-0.25, -0.2) is 4.79 Å². The number of aryl methyl sites for hydroxylation is 1. The van der Waals surface area contributed by atoms with E-state index in [0.29, 0.717) is 40.6 Å². The van der Waals surface area contributed by atoms with E-state index in [4.69, 9.17) is 9.47 Å². The standard InChI is InChI=1S/C27H34N4O4S2/c1-6-31-24(17(5)35-19-13-11-18(12-14-19)16(3)4)29-30-27(31)36-15-22(32)28-25-23(26(33)34-7-2)20-9-8-10-21(20)37-25/h11-14,16-17H,6-10,15H2,1-5H3,(H,28,32). The Morgan fingerprint density at radius 1 is 1.14 bits per heavy atom. The molecule has 0 saturated carbocycles. The molecule has 4 rings (SSSR count). The molecule has 8 nitrogen and oxygen atoms in total. The number of thioether (sulfide) groups is 1. The molecule has 1 aliphatic carbocycles. The quantitative estimate of drug-likeness (QED) is 0.234. The number of hydrogen-bond acceptors (Lipinski definition) is 8. The molecule has 2 heterocycles. The van der Waals surface area contributed by atoms with Crippen LogP contribution in [0, 0.1) is 0 Å². The van der Waals surface area contributed by atoms with E-state index in [9.17, 15) is 9.59 Å². The molecule has 1 N–H and O–H groups in total. The number of ether oxygens (including phenoxy) is 2. The van der Waals surface area contributed by atoms with Crippen LogP contribution in [0.25, 0.3) is 0 Å². The predicted octanol–water partition coefficient (Wildman–Crippen LogP) is 6.02. The smallest absolute Gasteiger partial charge is 0.341 e. The fourth-order valence-electron chi connectivity index (χ4n) is 4.40. The van der Waals surface area contributed by atoms with E-state index in [0.717, 1.165) is 35.5 Å². The molecule has 0 fully saturated rings. The Morgan fingerprint density at radius 2 is 1.89 bits per heavy atom. The van der Waals surface area contributed by atoms with E-state index < -0.39 is 0 Å². The van der Waals surface area contributed by atoms with E-state index in [1.807, 2.05) is 30.5 Å². The van der Waals surface area contributed by atoms with Crippen LogP contribution in [-0.2, 0) is 28.9 Å². The van der Waals surface area contributed by atoms with Crippen LogP contribution in [0.1, 0.15) is 85.2 Å². The van der Waals surface area contributed by atoms with Gasteiger partial charge in [0, 0.05) is 11.4 Å². The van der Waals surface area contributed by atoms with Gasteiger partial charge in [-0.15, -0.1) is 21.5 Å². The SMILES string of the molecule is CCOC(=O)c1c(NC(=O)CSc2nnc(C(C)Oc3ccc(C(C)C)cc3)n2CC)sc2c1CCC2. The van der Waals surface area contributed by atoms with Crippen LogP contribution in [0.2, 0.25) is 0 Å². The third-order valence-electron chi connectivity index (χ3n) is 6.27. The third-order valence-corrected chi connectivity index (χ3v) is 8.45. The average molecular weight is 543 g/mol. The normalized spacial score (nSPS) is 13.5. The highest BCUT2D eigenvalue weighted by molar-refractivity contribution is 7.99. The lowest BCUT2D eigenvalue weighted by Crippen LogP contribution is -2.17. The average Bonchev–Trinajstić information content (AvgIpc) is 3.57. The van der Waals surface area contributed by atoms with Crippen molar-refractivity contribution in [2.45, 2.75) is 77.6 Å². The van der Waals surface area contributed by atoms with Crippen LogP contribution < -0.4 is 10.1 Å². The first-order valence-electron chi connectivity index (χ1n) is 12.8. The summed E-state index contributed by atoms with van der Waals surface area (Å²) in [5.41, 5.74) is 2.80. The third kappa shape index (κ3) is 6.18. The molecule has 0 aliphatic heterocycles. The fourth-order valence-corrected chi connectivity index (χ4v) is 6.50. The largest absolute Gasteiger partial charge is 0.483 e. The van der Waals surface area contributed by atoms with Crippen molar-refractivity contribution in [2.24, 2.45) is 0 Å². The summed E-state index contributed by atoms with van der Waals surface area (Å²) in [6.45, 7) is 11.0. The number of nitrogens with zero attached hydrogens (tertiary/aromatic N) is 3. The van der Waals surface area contributed by atoms with Crippen molar-refractivity contribution in [2.75, 3.05) is 17.7 Å². The molecule has 1 aliphatic rings. The molecule has 0 bridgehead atoms. The monoisotopic (exact) mass is 542 g/mol. The van der Waals surface area contributed by atoms with Gasteiger partial charge in [0.25, 0.3) is 0 Å². The highest BCUT2D eigenvalue weighted by Crippen LogP contribution is 2.39. The molecule has 10 heteroatoms. The fraction of sp³-hybridized carbons (Fsp3) is 0.481. The molecule has 2 aromatic heterocycles. The summed E-state index contributed by atoms with van der Waals surface area (Å²) in [6.07, 6.45) is 2.50. The maximum absolute atomic E-state index is 12.8. The zero-order chi connectivity index (χ0) is 26.5. The molecule has 1 unspecified atom stereocenters. The summed E-state index contributed by atoms with van der Waals surface area (Å²) in [6, 6.07) is 8.10. The summed E-state index contributed by atoms with van der Waals surface area (Å²) in [4.78, 5) is 26.6. The molecule has 0 radical (unpaired) electrons. The van der Waals surface area contributed by atoms with Gasteiger partial charge in [-0.1, -0.05) is 37.7 Å². The van der Waals surface area contributed by atoms with Gasteiger partial charge in [-0.3, -0.25) is 4.79 Å². The Kier molecular flexibility index (Phi) is 8.91. The van der Waals surface area contributed by atoms with E-state index in [2.05, 4.69) is 41.5 Å². The van der Waals surface area contributed by atoms with Gasteiger partial charge in [0.05, 0.1) is 17.9 Å². The number of benzene rings is 1. The molecular weight excluding hydrogens is 508 g/mol. The predicted molar refractivity (Wildman–Crippen MR) is 147 cm³/mol. The molecule has 198 valence electrons. The number of carbonyl (C=O) groups excluding carboxylic acids is 2. The van der Waals surface area contributed by atoms with Gasteiger partial charge in [-0.2, -0.15) is 0 Å². The first-order valence-corrected chi connectivity index (χ1v) is 14.6. The first kappa shape index (κ1) is 27.2. The molecule has 0 spiro atoms. The van der Waals surface area contributed by atoms with Gasteiger partial charge >= 0.3 is 5.97 Å². The van der Waals surface area contributed by atoms with Crippen molar-refractivity contribution in [3.63, 3.8) is 0 Å². The number of rotatable bonds is 11. The Morgan fingerprint density at radius 3 is 2.57 bits per heavy atom. The van der Waals surface area contributed by atoms with Crippen LogP contribution in [0.5, 0.6) is 5.75 Å².